The van der Waals surface area contributed by atoms with Crippen molar-refractivity contribution in [1.82, 2.24) is 9.62 Å². The predicted octanol–water partition coefficient (Wildman–Crippen LogP) is 3.33. The van der Waals surface area contributed by atoms with Crippen LogP contribution in [0.2, 0.25) is 5.02 Å². The second kappa shape index (κ2) is 8.32. The third kappa shape index (κ3) is 5.28. The summed E-state index contributed by atoms with van der Waals surface area (Å²) < 4.78 is 27.7. The van der Waals surface area contributed by atoms with Gasteiger partial charge in [-0.1, -0.05) is 41.9 Å². The molecule has 0 spiro atoms. The van der Waals surface area contributed by atoms with Gasteiger partial charge in [-0.15, -0.1) is 0 Å². The average Bonchev–Trinajstić information content (AvgIpc) is 2.62. The second-order valence-corrected chi connectivity index (χ2v) is 8.58. The van der Waals surface area contributed by atoms with Gasteiger partial charge in [-0.2, -0.15) is 0 Å². The van der Waals surface area contributed by atoms with E-state index in [-0.39, 0.29) is 10.9 Å². The molecule has 0 atom stereocenters. The number of rotatable bonds is 6. The molecule has 0 aliphatic carbocycles. The first kappa shape index (κ1) is 18.4. The first-order valence-corrected chi connectivity index (χ1v) is 10.4. The Labute approximate surface area is 154 Å². The minimum Gasteiger partial charge on any atom is -0.303 e. The maximum atomic E-state index is 12.4. The maximum Gasteiger partial charge on any atom is 0.240 e. The summed E-state index contributed by atoms with van der Waals surface area (Å²) in [5.74, 6) is 0. The number of piperidine rings is 1. The molecule has 1 aliphatic heterocycles. The number of sulfonamides is 1. The van der Waals surface area contributed by atoms with Gasteiger partial charge in [-0.3, -0.25) is 0 Å². The summed E-state index contributed by atoms with van der Waals surface area (Å²) in [6.45, 7) is 2.85. The number of nitrogens with zero attached hydrogens (tertiary/aromatic N) is 1. The zero-order valence-electron chi connectivity index (χ0n) is 14.1. The fourth-order valence-electron chi connectivity index (χ4n) is 3.11. The Balaban J connectivity index is 1.48. The van der Waals surface area contributed by atoms with Crippen LogP contribution in [0.25, 0.3) is 0 Å². The molecule has 25 heavy (non-hydrogen) atoms. The number of hydrogen-bond acceptors (Lipinski definition) is 3. The van der Waals surface area contributed by atoms with Crippen molar-refractivity contribution in [1.29, 1.82) is 0 Å². The highest BCUT2D eigenvalue weighted by Crippen LogP contribution is 2.17. The molecule has 1 N–H and O–H groups in total. The lowest BCUT2D eigenvalue weighted by Crippen LogP contribution is -2.45. The topological polar surface area (TPSA) is 49.4 Å². The van der Waals surface area contributed by atoms with E-state index in [2.05, 4.69) is 33.9 Å². The van der Waals surface area contributed by atoms with Gasteiger partial charge in [0.2, 0.25) is 10.0 Å². The van der Waals surface area contributed by atoms with Crippen LogP contribution in [0.3, 0.4) is 0 Å². The van der Waals surface area contributed by atoms with Gasteiger partial charge in [0.25, 0.3) is 0 Å². The third-order valence-corrected chi connectivity index (χ3v) is 6.38. The highest BCUT2D eigenvalue weighted by molar-refractivity contribution is 7.89. The summed E-state index contributed by atoms with van der Waals surface area (Å²) in [5, 5.41) is 0.533. The van der Waals surface area contributed by atoms with E-state index >= 15 is 0 Å². The van der Waals surface area contributed by atoms with Crippen LogP contribution in [0.4, 0.5) is 0 Å². The Kier molecular flexibility index (Phi) is 6.12. The minimum atomic E-state index is -3.48. The van der Waals surface area contributed by atoms with Crippen LogP contribution in [-0.4, -0.2) is 39.0 Å². The van der Waals surface area contributed by atoms with Crippen LogP contribution in [0.15, 0.2) is 59.5 Å². The van der Waals surface area contributed by atoms with E-state index in [0.717, 1.165) is 38.9 Å². The summed E-state index contributed by atoms with van der Waals surface area (Å²) in [6.07, 6.45) is 2.70. The molecule has 1 heterocycles. The molecule has 0 bridgehead atoms. The molecule has 134 valence electrons. The molecule has 3 rings (SSSR count). The van der Waals surface area contributed by atoms with Crippen molar-refractivity contribution in [2.45, 2.75) is 30.2 Å². The highest BCUT2D eigenvalue weighted by atomic mass is 35.5. The van der Waals surface area contributed by atoms with E-state index in [4.69, 9.17) is 11.6 Å². The standard InChI is InChI=1S/C19H23ClN2O2S/c20-17-6-8-19(9-7-17)25(23,24)21-18-11-14-22(15-12-18)13-10-16-4-2-1-3-5-16/h1-9,18,21H,10-15H2. The lowest BCUT2D eigenvalue weighted by molar-refractivity contribution is 0.209. The highest BCUT2D eigenvalue weighted by Gasteiger charge is 2.24. The Morgan fingerprint density at radius 3 is 2.28 bits per heavy atom. The fourth-order valence-corrected chi connectivity index (χ4v) is 4.54. The Hall–Kier alpha value is -1.40. The zero-order valence-corrected chi connectivity index (χ0v) is 15.6. The van der Waals surface area contributed by atoms with Gasteiger partial charge in [-0.25, -0.2) is 13.1 Å². The normalized spacial score (nSPS) is 16.8. The van der Waals surface area contributed by atoms with Gasteiger partial charge in [-0.05, 0) is 62.2 Å². The minimum absolute atomic E-state index is 0.00588. The van der Waals surface area contributed by atoms with Gasteiger partial charge < -0.3 is 4.90 Å². The molecule has 1 fully saturated rings. The van der Waals surface area contributed by atoms with Crippen molar-refractivity contribution in [3.05, 3.63) is 65.2 Å². The molecule has 4 nitrogen and oxygen atoms in total. The summed E-state index contributed by atoms with van der Waals surface area (Å²) in [6, 6.07) is 16.7. The van der Waals surface area contributed by atoms with Crippen molar-refractivity contribution < 1.29 is 8.42 Å². The number of hydrogen-bond donors (Lipinski definition) is 1. The molecule has 1 saturated heterocycles. The molecule has 1 aliphatic rings. The van der Waals surface area contributed by atoms with Crippen molar-refractivity contribution in [3.8, 4) is 0 Å². The SMILES string of the molecule is O=S(=O)(NC1CCN(CCc2ccccc2)CC1)c1ccc(Cl)cc1. The molecule has 0 saturated carbocycles. The molecule has 2 aromatic rings. The van der Waals surface area contributed by atoms with E-state index in [1.165, 1.54) is 5.56 Å². The number of benzene rings is 2. The third-order valence-electron chi connectivity index (χ3n) is 4.59. The van der Waals surface area contributed by atoms with Gasteiger partial charge in [0, 0.05) is 17.6 Å². The monoisotopic (exact) mass is 378 g/mol. The van der Waals surface area contributed by atoms with E-state index in [0.29, 0.717) is 5.02 Å². The molecule has 0 unspecified atom stereocenters. The van der Waals surface area contributed by atoms with Crippen LogP contribution in [-0.2, 0) is 16.4 Å². The van der Waals surface area contributed by atoms with Crippen LogP contribution >= 0.6 is 11.6 Å². The largest absolute Gasteiger partial charge is 0.303 e. The van der Waals surface area contributed by atoms with Gasteiger partial charge in [0.15, 0.2) is 0 Å². The average molecular weight is 379 g/mol. The van der Waals surface area contributed by atoms with Crippen LogP contribution in [0, 0.1) is 0 Å². The number of nitrogens with one attached hydrogen (secondary N) is 1. The lowest BCUT2D eigenvalue weighted by atomic mass is 10.1. The molecular formula is C19H23ClN2O2S. The second-order valence-electron chi connectivity index (χ2n) is 6.43. The van der Waals surface area contributed by atoms with Gasteiger partial charge in [0.05, 0.1) is 4.90 Å². The Morgan fingerprint density at radius 1 is 1.00 bits per heavy atom. The van der Waals surface area contributed by atoms with Crippen LogP contribution in [0.1, 0.15) is 18.4 Å². The molecule has 2 aromatic carbocycles. The molecule has 0 amide bonds. The smallest absolute Gasteiger partial charge is 0.240 e. The zero-order chi connectivity index (χ0) is 17.7. The van der Waals surface area contributed by atoms with E-state index in [1.54, 1.807) is 24.3 Å². The first-order valence-electron chi connectivity index (χ1n) is 8.57. The Morgan fingerprint density at radius 2 is 1.64 bits per heavy atom. The summed E-state index contributed by atoms with van der Waals surface area (Å²) in [4.78, 5) is 2.67. The molecular weight excluding hydrogens is 356 g/mol. The molecule has 0 aromatic heterocycles. The molecule has 6 heteroatoms. The van der Waals surface area contributed by atoms with E-state index < -0.39 is 10.0 Å². The summed E-state index contributed by atoms with van der Waals surface area (Å²) in [7, 11) is -3.48. The van der Waals surface area contributed by atoms with Crippen molar-refractivity contribution >= 4 is 21.6 Å². The first-order chi connectivity index (χ1) is 12.0. The summed E-state index contributed by atoms with van der Waals surface area (Å²) >= 11 is 5.82. The molecule has 0 radical (unpaired) electrons. The van der Waals surface area contributed by atoms with Crippen molar-refractivity contribution in [2.75, 3.05) is 19.6 Å². The van der Waals surface area contributed by atoms with Gasteiger partial charge in [0.1, 0.15) is 0 Å². The maximum absolute atomic E-state index is 12.4. The van der Waals surface area contributed by atoms with E-state index in [1.807, 2.05) is 6.07 Å². The van der Waals surface area contributed by atoms with E-state index in [9.17, 15) is 8.42 Å². The predicted molar refractivity (Wildman–Crippen MR) is 101 cm³/mol. The Bertz CT molecular complexity index is 771. The van der Waals surface area contributed by atoms with Crippen molar-refractivity contribution in [2.24, 2.45) is 0 Å². The van der Waals surface area contributed by atoms with Crippen molar-refractivity contribution in [3.63, 3.8) is 0 Å². The number of halogens is 1. The van der Waals surface area contributed by atoms with Gasteiger partial charge >= 0.3 is 0 Å². The lowest BCUT2D eigenvalue weighted by Gasteiger charge is -2.32. The summed E-state index contributed by atoms with van der Waals surface area (Å²) in [5.41, 5.74) is 1.34. The fraction of sp³-hybridized carbons (Fsp3) is 0.368. The quantitative estimate of drug-likeness (QED) is 0.838. The van der Waals surface area contributed by atoms with Crippen LogP contribution < -0.4 is 4.72 Å². The van der Waals surface area contributed by atoms with Crippen LogP contribution in [0.5, 0.6) is 0 Å². The number of likely N-dealkylation sites (tertiary alicyclic amines) is 1.